The van der Waals surface area contributed by atoms with E-state index in [2.05, 4.69) is 45.5 Å². The van der Waals surface area contributed by atoms with Crippen molar-refractivity contribution in [1.82, 2.24) is 16.0 Å². The molecule has 1 aliphatic rings. The lowest BCUT2D eigenvalue weighted by Crippen LogP contribution is -2.53. The molecule has 0 saturated heterocycles. The lowest BCUT2D eigenvalue weighted by Gasteiger charge is -2.24. The molecule has 1 unspecified atom stereocenters. The van der Waals surface area contributed by atoms with Gasteiger partial charge in [-0.05, 0) is 80.1 Å². The molecule has 3 aromatic carbocycles. The van der Waals surface area contributed by atoms with Gasteiger partial charge in [-0.1, -0.05) is 62.4 Å². The third-order valence-electron chi connectivity index (χ3n) is 7.62. The van der Waals surface area contributed by atoms with Crippen LogP contribution in [-0.2, 0) is 19.1 Å². The average molecular weight is 629 g/mol. The van der Waals surface area contributed by atoms with Crippen LogP contribution in [-0.4, -0.2) is 61.3 Å². The van der Waals surface area contributed by atoms with Crippen LogP contribution < -0.4 is 21.3 Å². The maximum Gasteiger partial charge on any atom is 0.407 e. The van der Waals surface area contributed by atoms with Crippen molar-refractivity contribution in [2.45, 2.75) is 65.1 Å². The Morgan fingerprint density at radius 1 is 0.783 bits per heavy atom. The van der Waals surface area contributed by atoms with Gasteiger partial charge in [0.1, 0.15) is 18.2 Å². The second-order valence-electron chi connectivity index (χ2n) is 12.7. The zero-order valence-electron chi connectivity index (χ0n) is 27.3. The van der Waals surface area contributed by atoms with E-state index in [9.17, 15) is 19.2 Å². The number of esters is 1. The van der Waals surface area contributed by atoms with E-state index >= 15 is 0 Å². The van der Waals surface area contributed by atoms with Gasteiger partial charge in [0.05, 0.1) is 11.6 Å². The number of carbonyl (C=O) groups excluding carboxylic acids is 4. The van der Waals surface area contributed by atoms with Gasteiger partial charge in [0.25, 0.3) is 0 Å². The molecule has 2 atom stereocenters. The van der Waals surface area contributed by atoms with Crippen LogP contribution in [0.3, 0.4) is 0 Å². The number of rotatable bonds is 12. The Hall–Kier alpha value is -4.70. The van der Waals surface area contributed by atoms with Crippen LogP contribution in [0.1, 0.15) is 68.9 Å². The summed E-state index contributed by atoms with van der Waals surface area (Å²) in [5.74, 6) is -1.39. The minimum absolute atomic E-state index is 0.0253. The maximum atomic E-state index is 13.0. The van der Waals surface area contributed by atoms with Crippen LogP contribution in [0.25, 0.3) is 11.1 Å². The van der Waals surface area contributed by atoms with Gasteiger partial charge in [0.15, 0.2) is 0 Å². The summed E-state index contributed by atoms with van der Waals surface area (Å²) in [5.41, 5.74) is 4.85. The lowest BCUT2D eigenvalue weighted by atomic mass is 9.98. The lowest BCUT2D eigenvalue weighted by molar-refractivity contribution is -0.128. The second-order valence-corrected chi connectivity index (χ2v) is 12.7. The van der Waals surface area contributed by atoms with Gasteiger partial charge in [-0.25, -0.2) is 9.59 Å². The number of carbonyl (C=O) groups is 4. The van der Waals surface area contributed by atoms with Crippen LogP contribution in [0.5, 0.6) is 0 Å². The second kappa shape index (κ2) is 15.1. The average Bonchev–Trinajstić information content (AvgIpc) is 3.33. The van der Waals surface area contributed by atoms with Crippen LogP contribution in [0, 0.1) is 5.92 Å². The summed E-state index contributed by atoms with van der Waals surface area (Å²) in [7, 11) is 0. The molecule has 0 bridgehead atoms. The number of hydrogen-bond acceptors (Lipinski definition) is 7. The van der Waals surface area contributed by atoms with E-state index < -0.39 is 29.7 Å². The summed E-state index contributed by atoms with van der Waals surface area (Å²) >= 11 is 0. The first-order valence-electron chi connectivity index (χ1n) is 15.6. The van der Waals surface area contributed by atoms with Crippen molar-refractivity contribution >= 4 is 29.6 Å². The Balaban J connectivity index is 1.19. The van der Waals surface area contributed by atoms with E-state index in [1.54, 1.807) is 52.0 Å². The van der Waals surface area contributed by atoms with Gasteiger partial charge >= 0.3 is 12.1 Å². The Kier molecular flexibility index (Phi) is 11.2. The first-order valence-corrected chi connectivity index (χ1v) is 15.6. The van der Waals surface area contributed by atoms with Gasteiger partial charge in [0, 0.05) is 24.7 Å². The fourth-order valence-electron chi connectivity index (χ4n) is 5.26. The van der Waals surface area contributed by atoms with Crippen molar-refractivity contribution in [3.8, 4) is 11.1 Å². The largest absolute Gasteiger partial charge is 0.456 e. The number of hydrogen-bond donors (Lipinski definition) is 4. The zero-order valence-corrected chi connectivity index (χ0v) is 27.3. The SMILES string of the molecule is CC(C)C(NC(=O)[C@H](C)NCCNC(=O)OCC1c2ccccc2-c2ccccc21)C(=O)Nc1ccc(C(=O)OC(C)(C)C)cc1. The summed E-state index contributed by atoms with van der Waals surface area (Å²) in [4.78, 5) is 50.7. The smallest absolute Gasteiger partial charge is 0.407 e. The highest BCUT2D eigenvalue weighted by molar-refractivity contribution is 5.98. The van der Waals surface area contributed by atoms with E-state index in [1.165, 1.54) is 0 Å². The molecule has 1 aliphatic carbocycles. The molecule has 0 radical (unpaired) electrons. The van der Waals surface area contributed by atoms with E-state index in [-0.39, 0.29) is 36.8 Å². The minimum Gasteiger partial charge on any atom is -0.456 e. The van der Waals surface area contributed by atoms with Crippen molar-refractivity contribution in [1.29, 1.82) is 0 Å². The van der Waals surface area contributed by atoms with Gasteiger partial charge in [0.2, 0.25) is 11.8 Å². The number of ether oxygens (including phenoxy) is 2. The fourth-order valence-corrected chi connectivity index (χ4v) is 5.26. The van der Waals surface area contributed by atoms with Crippen molar-refractivity contribution in [3.05, 3.63) is 89.5 Å². The van der Waals surface area contributed by atoms with Crippen molar-refractivity contribution in [3.63, 3.8) is 0 Å². The monoisotopic (exact) mass is 628 g/mol. The first kappa shape index (κ1) is 34.2. The third kappa shape index (κ3) is 8.94. The van der Waals surface area contributed by atoms with Crippen molar-refractivity contribution < 1.29 is 28.7 Å². The summed E-state index contributed by atoms with van der Waals surface area (Å²) < 4.78 is 10.9. The normalized spacial score (nSPS) is 13.6. The molecule has 10 nitrogen and oxygen atoms in total. The van der Waals surface area contributed by atoms with Gasteiger partial charge in [-0.15, -0.1) is 0 Å². The highest BCUT2D eigenvalue weighted by Gasteiger charge is 2.29. The molecule has 46 heavy (non-hydrogen) atoms. The Labute approximate surface area is 270 Å². The number of fused-ring (bicyclic) bond motifs is 3. The zero-order chi connectivity index (χ0) is 33.4. The first-order chi connectivity index (χ1) is 21.8. The molecule has 10 heteroatoms. The summed E-state index contributed by atoms with van der Waals surface area (Å²) in [6.45, 7) is 11.5. The molecule has 0 heterocycles. The molecule has 3 aromatic rings. The van der Waals surface area contributed by atoms with Gasteiger partial charge in [-0.2, -0.15) is 0 Å². The van der Waals surface area contributed by atoms with Crippen LogP contribution in [0.2, 0.25) is 0 Å². The molecule has 0 fully saturated rings. The Morgan fingerprint density at radius 2 is 1.37 bits per heavy atom. The van der Waals surface area contributed by atoms with E-state index in [4.69, 9.17) is 9.47 Å². The van der Waals surface area contributed by atoms with Crippen LogP contribution in [0.15, 0.2) is 72.8 Å². The summed E-state index contributed by atoms with van der Waals surface area (Å²) in [6, 6.07) is 21.3. The number of amides is 3. The van der Waals surface area contributed by atoms with Crippen molar-refractivity contribution in [2.75, 3.05) is 25.0 Å². The Bertz CT molecular complexity index is 1500. The standard InChI is InChI=1S/C36H44N4O6/c1-22(2)31(33(42)39-25-17-15-24(16-18-25)34(43)46-36(4,5)6)40-32(41)23(3)37-19-20-38-35(44)45-21-30-28-13-9-7-11-26(28)27-12-8-10-14-29(27)30/h7-18,22-23,30-31,37H,19-21H2,1-6H3,(H,38,44)(H,39,42)(H,40,41)/t23-,31?/m0/s1. The fraction of sp³-hybridized carbons (Fsp3) is 0.389. The number of alkyl carbamates (subject to hydrolysis) is 1. The molecule has 0 aromatic heterocycles. The molecular formula is C36H44N4O6. The molecule has 4 rings (SSSR count). The van der Waals surface area contributed by atoms with Crippen LogP contribution >= 0.6 is 0 Å². The summed E-state index contributed by atoms with van der Waals surface area (Å²) in [5, 5.41) is 11.4. The predicted molar refractivity (Wildman–Crippen MR) is 178 cm³/mol. The molecule has 0 aliphatic heterocycles. The van der Waals surface area contributed by atoms with E-state index in [0.29, 0.717) is 17.8 Å². The highest BCUT2D eigenvalue weighted by atomic mass is 16.6. The highest BCUT2D eigenvalue weighted by Crippen LogP contribution is 2.44. The molecule has 0 saturated carbocycles. The summed E-state index contributed by atoms with van der Waals surface area (Å²) in [6.07, 6.45) is -0.531. The quantitative estimate of drug-likeness (QED) is 0.159. The minimum atomic E-state index is -0.791. The molecule has 3 amide bonds. The maximum absolute atomic E-state index is 13.0. The van der Waals surface area contributed by atoms with Crippen molar-refractivity contribution in [2.24, 2.45) is 5.92 Å². The molecule has 4 N–H and O–H groups in total. The number of anilines is 1. The topological polar surface area (TPSA) is 135 Å². The Morgan fingerprint density at radius 3 is 1.93 bits per heavy atom. The third-order valence-corrected chi connectivity index (χ3v) is 7.62. The predicted octanol–water partition coefficient (Wildman–Crippen LogP) is 5.24. The van der Waals surface area contributed by atoms with Crippen LogP contribution in [0.4, 0.5) is 10.5 Å². The van der Waals surface area contributed by atoms with Gasteiger partial charge < -0.3 is 30.7 Å². The number of benzene rings is 3. The molecule has 244 valence electrons. The van der Waals surface area contributed by atoms with Gasteiger partial charge in [-0.3, -0.25) is 9.59 Å². The van der Waals surface area contributed by atoms with E-state index in [0.717, 1.165) is 22.3 Å². The number of nitrogens with one attached hydrogen (secondary N) is 4. The van der Waals surface area contributed by atoms with E-state index in [1.807, 2.05) is 38.1 Å². The molecular weight excluding hydrogens is 584 g/mol. The molecule has 0 spiro atoms.